The van der Waals surface area contributed by atoms with E-state index in [1.54, 1.807) is 0 Å². The molecule has 0 aliphatic carbocycles. The van der Waals surface area contributed by atoms with Gasteiger partial charge in [0.05, 0.1) is 0 Å². The maximum absolute atomic E-state index is 5.25. The Bertz CT molecular complexity index is 244. The lowest BCUT2D eigenvalue weighted by Gasteiger charge is -1.84. The predicted octanol–water partition coefficient (Wildman–Crippen LogP) is -0.0473. The summed E-state index contributed by atoms with van der Waals surface area (Å²) in [6.45, 7) is 0. The van der Waals surface area contributed by atoms with Crippen LogP contribution in [-0.4, -0.2) is 15.2 Å². The standard InChI is InChI=1S/C6H8N4/c1-2-3-4-5-8-6(7)10-9-5/h1H,3-4H2,(H3,7,8,9,10). The van der Waals surface area contributed by atoms with Crippen LogP contribution in [0.5, 0.6) is 0 Å². The van der Waals surface area contributed by atoms with Gasteiger partial charge in [0.15, 0.2) is 0 Å². The Labute approximate surface area is 58.8 Å². The first-order valence-corrected chi connectivity index (χ1v) is 2.93. The van der Waals surface area contributed by atoms with E-state index in [0.29, 0.717) is 12.8 Å². The summed E-state index contributed by atoms with van der Waals surface area (Å²) in [5, 5.41) is 6.30. The predicted molar refractivity (Wildman–Crippen MR) is 37.9 cm³/mol. The van der Waals surface area contributed by atoms with Crippen LogP contribution in [0, 0.1) is 12.3 Å². The Morgan fingerprint density at radius 1 is 1.70 bits per heavy atom. The van der Waals surface area contributed by atoms with Gasteiger partial charge in [-0.1, -0.05) is 0 Å². The van der Waals surface area contributed by atoms with E-state index >= 15 is 0 Å². The third kappa shape index (κ3) is 1.49. The van der Waals surface area contributed by atoms with Gasteiger partial charge in [0.25, 0.3) is 0 Å². The number of H-pyrrole nitrogens is 1. The molecule has 10 heavy (non-hydrogen) atoms. The van der Waals surface area contributed by atoms with E-state index in [1.807, 2.05) is 0 Å². The molecule has 0 saturated heterocycles. The average Bonchev–Trinajstić information content (AvgIpc) is 2.31. The molecule has 4 nitrogen and oxygen atoms in total. The van der Waals surface area contributed by atoms with Gasteiger partial charge >= 0.3 is 0 Å². The highest BCUT2D eigenvalue weighted by Crippen LogP contribution is 1.95. The molecular formula is C6H8N4. The lowest BCUT2D eigenvalue weighted by atomic mass is 10.3. The van der Waals surface area contributed by atoms with Crippen molar-refractivity contribution in [2.75, 3.05) is 5.73 Å². The highest BCUT2D eigenvalue weighted by Gasteiger charge is 1.95. The lowest BCUT2D eigenvalue weighted by Crippen LogP contribution is -1.87. The number of nitrogen functional groups attached to an aromatic ring is 1. The summed E-state index contributed by atoms with van der Waals surface area (Å²) >= 11 is 0. The number of hydrogen-bond acceptors (Lipinski definition) is 3. The van der Waals surface area contributed by atoms with Crippen molar-refractivity contribution in [3.63, 3.8) is 0 Å². The largest absolute Gasteiger partial charge is 0.367 e. The van der Waals surface area contributed by atoms with Gasteiger partial charge in [-0.15, -0.1) is 17.4 Å². The average molecular weight is 136 g/mol. The number of nitrogens with two attached hydrogens (primary N) is 1. The molecular weight excluding hydrogens is 128 g/mol. The zero-order valence-corrected chi connectivity index (χ0v) is 5.46. The molecule has 0 spiro atoms. The van der Waals surface area contributed by atoms with Crippen LogP contribution in [0.25, 0.3) is 0 Å². The summed E-state index contributed by atoms with van der Waals surface area (Å²) in [6.07, 6.45) is 6.41. The van der Waals surface area contributed by atoms with Crippen LogP contribution >= 0.6 is 0 Å². The summed E-state index contributed by atoms with van der Waals surface area (Å²) in [6, 6.07) is 0. The van der Waals surface area contributed by atoms with Gasteiger partial charge in [0, 0.05) is 12.8 Å². The van der Waals surface area contributed by atoms with E-state index in [9.17, 15) is 0 Å². The van der Waals surface area contributed by atoms with Crippen molar-refractivity contribution in [2.45, 2.75) is 12.8 Å². The number of aryl methyl sites for hydroxylation is 1. The third-order valence-corrected chi connectivity index (χ3v) is 1.06. The fourth-order valence-electron chi connectivity index (χ4n) is 0.612. The van der Waals surface area contributed by atoms with Crippen molar-refractivity contribution in [3.05, 3.63) is 5.82 Å². The van der Waals surface area contributed by atoms with E-state index in [-0.39, 0.29) is 5.95 Å². The number of anilines is 1. The molecule has 1 heterocycles. The number of nitrogens with zero attached hydrogens (tertiary/aromatic N) is 2. The number of aromatic amines is 1. The summed E-state index contributed by atoms with van der Waals surface area (Å²) in [5.41, 5.74) is 5.25. The molecule has 0 aliphatic heterocycles. The minimum atomic E-state index is 0.270. The molecule has 0 aromatic carbocycles. The first-order valence-electron chi connectivity index (χ1n) is 2.93. The molecule has 0 saturated carbocycles. The van der Waals surface area contributed by atoms with Crippen LogP contribution in [0.2, 0.25) is 0 Å². The fourth-order valence-corrected chi connectivity index (χ4v) is 0.612. The Morgan fingerprint density at radius 2 is 2.50 bits per heavy atom. The first kappa shape index (κ1) is 6.62. The van der Waals surface area contributed by atoms with E-state index in [1.165, 1.54) is 0 Å². The minimum Gasteiger partial charge on any atom is -0.367 e. The van der Waals surface area contributed by atoms with Gasteiger partial charge in [-0.25, -0.2) is 0 Å². The van der Waals surface area contributed by atoms with Crippen LogP contribution in [0.15, 0.2) is 0 Å². The van der Waals surface area contributed by atoms with Gasteiger partial charge < -0.3 is 5.73 Å². The molecule has 4 heteroatoms. The smallest absolute Gasteiger partial charge is 0.239 e. The molecule has 0 radical (unpaired) electrons. The monoisotopic (exact) mass is 136 g/mol. The number of aromatic nitrogens is 3. The molecule has 0 unspecified atom stereocenters. The lowest BCUT2D eigenvalue weighted by molar-refractivity contribution is 0.899. The Balaban J connectivity index is 2.52. The van der Waals surface area contributed by atoms with Crippen LogP contribution in [0.3, 0.4) is 0 Å². The molecule has 3 N–H and O–H groups in total. The topological polar surface area (TPSA) is 67.6 Å². The Kier molecular flexibility index (Phi) is 1.90. The summed E-state index contributed by atoms with van der Waals surface area (Å²) in [4.78, 5) is 3.86. The van der Waals surface area contributed by atoms with Crippen molar-refractivity contribution in [3.8, 4) is 12.3 Å². The second-order valence-corrected chi connectivity index (χ2v) is 1.84. The van der Waals surface area contributed by atoms with Gasteiger partial charge in [-0.3, -0.25) is 5.10 Å². The zero-order valence-electron chi connectivity index (χ0n) is 5.46. The number of hydrogen-bond donors (Lipinski definition) is 2. The summed E-state index contributed by atoms with van der Waals surface area (Å²) < 4.78 is 0. The molecule has 1 rings (SSSR count). The highest BCUT2D eigenvalue weighted by atomic mass is 15.3. The quantitative estimate of drug-likeness (QED) is 0.560. The van der Waals surface area contributed by atoms with E-state index < -0.39 is 0 Å². The molecule has 0 fully saturated rings. The third-order valence-electron chi connectivity index (χ3n) is 1.06. The molecule has 0 amide bonds. The van der Waals surface area contributed by atoms with Gasteiger partial charge in [0.2, 0.25) is 5.95 Å². The normalized spacial score (nSPS) is 9.10. The number of rotatable bonds is 2. The van der Waals surface area contributed by atoms with Crippen molar-refractivity contribution in [1.29, 1.82) is 0 Å². The van der Waals surface area contributed by atoms with Crippen molar-refractivity contribution < 1.29 is 0 Å². The van der Waals surface area contributed by atoms with Crippen LogP contribution in [-0.2, 0) is 6.42 Å². The molecule has 52 valence electrons. The Hall–Kier alpha value is -1.50. The fraction of sp³-hybridized carbons (Fsp3) is 0.333. The Morgan fingerprint density at radius 3 is 3.00 bits per heavy atom. The van der Waals surface area contributed by atoms with E-state index in [2.05, 4.69) is 21.1 Å². The first-order chi connectivity index (χ1) is 4.83. The zero-order chi connectivity index (χ0) is 7.40. The van der Waals surface area contributed by atoms with Gasteiger partial charge in [0.1, 0.15) is 5.82 Å². The van der Waals surface area contributed by atoms with Crippen molar-refractivity contribution >= 4 is 5.95 Å². The summed E-state index contributed by atoms with van der Waals surface area (Å²) in [5.74, 6) is 3.51. The molecule has 1 aromatic heterocycles. The van der Waals surface area contributed by atoms with Crippen molar-refractivity contribution in [1.82, 2.24) is 15.2 Å². The van der Waals surface area contributed by atoms with E-state index in [0.717, 1.165) is 5.82 Å². The van der Waals surface area contributed by atoms with Crippen LogP contribution < -0.4 is 5.73 Å². The van der Waals surface area contributed by atoms with Gasteiger partial charge in [-0.2, -0.15) is 4.98 Å². The SMILES string of the molecule is C#CCCc1nc(N)n[nH]1. The van der Waals surface area contributed by atoms with E-state index in [4.69, 9.17) is 12.2 Å². The van der Waals surface area contributed by atoms with Crippen molar-refractivity contribution in [2.24, 2.45) is 0 Å². The molecule has 0 aliphatic rings. The van der Waals surface area contributed by atoms with Crippen LogP contribution in [0.4, 0.5) is 5.95 Å². The molecule has 0 bridgehead atoms. The number of terminal acetylenes is 1. The number of nitrogens with one attached hydrogen (secondary N) is 1. The highest BCUT2D eigenvalue weighted by molar-refractivity contribution is 5.12. The second-order valence-electron chi connectivity index (χ2n) is 1.84. The molecule has 1 aromatic rings. The summed E-state index contributed by atoms with van der Waals surface area (Å²) in [7, 11) is 0. The molecule has 0 atom stereocenters. The maximum Gasteiger partial charge on any atom is 0.239 e. The van der Waals surface area contributed by atoms with Gasteiger partial charge in [-0.05, 0) is 0 Å². The van der Waals surface area contributed by atoms with Crippen LogP contribution in [0.1, 0.15) is 12.2 Å². The minimum absolute atomic E-state index is 0.270. The maximum atomic E-state index is 5.25. The second kappa shape index (κ2) is 2.87.